The van der Waals surface area contributed by atoms with Crippen molar-refractivity contribution in [3.05, 3.63) is 83.7 Å². The van der Waals surface area contributed by atoms with Crippen molar-refractivity contribution in [3.8, 4) is 5.69 Å². The molecule has 0 radical (unpaired) electrons. The number of primary amides is 1. The second-order valence-corrected chi connectivity index (χ2v) is 10.2. The van der Waals surface area contributed by atoms with Crippen LogP contribution in [0.4, 0.5) is 27.6 Å². The summed E-state index contributed by atoms with van der Waals surface area (Å²) >= 11 is 0. The minimum Gasteiger partial charge on any atom is -0.369 e. The topological polar surface area (TPSA) is 105 Å². The summed E-state index contributed by atoms with van der Waals surface area (Å²) in [4.78, 5) is 42.0. The van der Waals surface area contributed by atoms with Crippen LogP contribution in [0, 0.1) is 0 Å². The number of carbonyl (C=O) groups is 3. The van der Waals surface area contributed by atoms with Gasteiger partial charge in [-0.2, -0.15) is 18.3 Å². The summed E-state index contributed by atoms with van der Waals surface area (Å²) in [6.07, 6.45) is -4.33. The fourth-order valence-electron chi connectivity index (χ4n) is 5.29. The minimum absolute atomic E-state index is 0.0126. The number of piperazine rings is 1. The first-order valence-electron chi connectivity index (χ1n) is 13.4. The fourth-order valence-corrected chi connectivity index (χ4v) is 5.29. The number of nitrogens with two attached hydrogens (primary N) is 1. The summed E-state index contributed by atoms with van der Waals surface area (Å²) in [5.41, 5.74) is 2.30. The smallest absolute Gasteiger partial charge is 0.369 e. The molecule has 0 saturated carbocycles. The van der Waals surface area contributed by atoms with Gasteiger partial charge in [0, 0.05) is 56.4 Å². The normalized spacial score (nSPS) is 18.3. The summed E-state index contributed by atoms with van der Waals surface area (Å²) in [6, 6.07) is 13.0. The number of carbonyl (C=O) groups excluding carboxylic acids is 3. The third-order valence-corrected chi connectivity index (χ3v) is 7.37. The van der Waals surface area contributed by atoms with E-state index in [1.807, 2.05) is 0 Å². The lowest BCUT2D eigenvalue weighted by atomic mass is 9.96. The molecule has 1 aromatic heterocycles. The molecule has 0 bridgehead atoms. The molecular weight excluding hydrogens is 575 g/mol. The highest BCUT2D eigenvalue weighted by atomic mass is 19.4. The van der Waals surface area contributed by atoms with E-state index in [0.29, 0.717) is 17.8 Å². The maximum atomic E-state index is 15.6. The molecule has 2 aromatic carbocycles. The molecule has 0 atom stereocenters. The van der Waals surface area contributed by atoms with Gasteiger partial charge in [0.2, 0.25) is 11.8 Å². The Morgan fingerprint density at radius 1 is 0.930 bits per heavy atom. The van der Waals surface area contributed by atoms with Gasteiger partial charge in [-0.05, 0) is 18.2 Å². The van der Waals surface area contributed by atoms with Crippen LogP contribution in [0.3, 0.4) is 0 Å². The number of nitrogens with zero attached hydrogens (tertiary/aromatic N) is 5. The number of fused-ring (bicyclic) bond motifs is 1. The van der Waals surface area contributed by atoms with Crippen LogP contribution in [0.2, 0.25) is 0 Å². The lowest BCUT2D eigenvalue weighted by molar-refractivity contribution is -0.143. The number of aromatic nitrogens is 2. The average Bonchev–Trinajstić information content (AvgIpc) is 3.39. The number of anilines is 1. The molecule has 0 spiro atoms. The zero-order valence-corrected chi connectivity index (χ0v) is 22.7. The van der Waals surface area contributed by atoms with E-state index in [4.69, 9.17) is 5.73 Å². The van der Waals surface area contributed by atoms with Gasteiger partial charge in [0.15, 0.2) is 5.69 Å². The number of alkyl halides is 5. The number of hydrogen-bond donors (Lipinski definition) is 1. The van der Waals surface area contributed by atoms with E-state index in [0.717, 1.165) is 17.2 Å². The predicted octanol–water partition coefficient (Wildman–Crippen LogP) is 3.59. The Bertz CT molecular complexity index is 1560. The van der Waals surface area contributed by atoms with Crippen molar-refractivity contribution < 1.29 is 36.3 Å². The molecular formula is C29H27F5N6O3. The second-order valence-electron chi connectivity index (χ2n) is 10.2. The lowest BCUT2D eigenvalue weighted by Crippen LogP contribution is -2.50. The standard InChI is InChI=1S/C29H27F5N6O3/c30-28(31)10-11-39(27(43)21-17-36-40(26(21)29(32,33)34)19-6-2-1-3-7-19)23-9-5-4-8-20(23)22(28)16-25(42)38-14-12-37(13-15-38)18-24(35)41/h1-9,16-17H,10-15,18H2,(H2,35,41). The zero-order valence-electron chi connectivity index (χ0n) is 22.7. The van der Waals surface area contributed by atoms with E-state index in [9.17, 15) is 27.6 Å². The highest BCUT2D eigenvalue weighted by Crippen LogP contribution is 2.44. The first-order valence-corrected chi connectivity index (χ1v) is 13.4. The quantitative estimate of drug-likeness (QED) is 0.355. The van der Waals surface area contributed by atoms with Gasteiger partial charge < -0.3 is 15.5 Å². The number of amides is 3. The first kappa shape index (κ1) is 29.9. The Kier molecular flexibility index (Phi) is 8.06. The molecule has 5 rings (SSSR count). The van der Waals surface area contributed by atoms with E-state index >= 15 is 8.78 Å². The molecule has 3 amide bonds. The zero-order chi connectivity index (χ0) is 30.9. The molecule has 0 unspecified atom stereocenters. The summed E-state index contributed by atoms with van der Waals surface area (Å²) in [7, 11) is 0. The van der Waals surface area contributed by atoms with Gasteiger partial charge in [0.05, 0.1) is 29.7 Å². The maximum absolute atomic E-state index is 15.6. The first-order chi connectivity index (χ1) is 20.4. The Labute approximate surface area is 242 Å². The number of para-hydroxylation sites is 2. The molecule has 2 N–H and O–H groups in total. The van der Waals surface area contributed by atoms with Crippen molar-refractivity contribution in [1.82, 2.24) is 19.6 Å². The van der Waals surface area contributed by atoms with Crippen LogP contribution >= 0.6 is 0 Å². The summed E-state index contributed by atoms with van der Waals surface area (Å²) in [5.74, 6) is -5.96. The van der Waals surface area contributed by atoms with Gasteiger partial charge in [0.1, 0.15) is 0 Å². The Morgan fingerprint density at radius 3 is 2.23 bits per heavy atom. The van der Waals surface area contributed by atoms with Crippen LogP contribution in [0.25, 0.3) is 11.3 Å². The van der Waals surface area contributed by atoms with E-state index in [1.54, 1.807) is 11.0 Å². The number of hydrogen-bond acceptors (Lipinski definition) is 5. The van der Waals surface area contributed by atoms with Crippen molar-refractivity contribution in [2.45, 2.75) is 18.5 Å². The van der Waals surface area contributed by atoms with E-state index < -0.39 is 59.6 Å². The summed E-state index contributed by atoms with van der Waals surface area (Å²) in [5, 5.41) is 3.81. The molecule has 14 heteroatoms. The fraction of sp³-hybridized carbons (Fsp3) is 0.310. The van der Waals surface area contributed by atoms with Gasteiger partial charge in [0.25, 0.3) is 11.8 Å². The minimum atomic E-state index is -4.99. The van der Waals surface area contributed by atoms with Crippen molar-refractivity contribution in [2.75, 3.05) is 44.2 Å². The second kappa shape index (κ2) is 11.6. The third-order valence-electron chi connectivity index (χ3n) is 7.37. The average molecular weight is 603 g/mol. The van der Waals surface area contributed by atoms with Crippen LogP contribution in [0.15, 0.2) is 66.9 Å². The highest BCUT2D eigenvalue weighted by Gasteiger charge is 2.45. The molecule has 2 aliphatic rings. The number of rotatable bonds is 5. The van der Waals surface area contributed by atoms with E-state index in [1.165, 1.54) is 53.4 Å². The maximum Gasteiger partial charge on any atom is 0.434 e. The molecule has 2 aliphatic heterocycles. The third kappa shape index (κ3) is 6.14. The number of benzene rings is 2. The van der Waals surface area contributed by atoms with Crippen LogP contribution in [0.1, 0.15) is 28.0 Å². The van der Waals surface area contributed by atoms with Crippen molar-refractivity contribution in [1.29, 1.82) is 0 Å². The number of halogens is 5. The van der Waals surface area contributed by atoms with Crippen LogP contribution in [0.5, 0.6) is 0 Å². The van der Waals surface area contributed by atoms with Gasteiger partial charge in [-0.15, -0.1) is 0 Å². The van der Waals surface area contributed by atoms with Crippen molar-refractivity contribution in [3.63, 3.8) is 0 Å². The van der Waals surface area contributed by atoms with Crippen LogP contribution < -0.4 is 10.6 Å². The van der Waals surface area contributed by atoms with Gasteiger partial charge in [-0.1, -0.05) is 36.4 Å². The molecule has 3 heterocycles. The van der Waals surface area contributed by atoms with Crippen molar-refractivity contribution in [2.24, 2.45) is 5.73 Å². The molecule has 1 saturated heterocycles. The Hall–Kier alpha value is -4.59. The summed E-state index contributed by atoms with van der Waals surface area (Å²) < 4.78 is 74.8. The summed E-state index contributed by atoms with van der Waals surface area (Å²) in [6.45, 7) is 0.405. The molecule has 9 nitrogen and oxygen atoms in total. The van der Waals surface area contributed by atoms with Gasteiger partial charge in [-0.3, -0.25) is 19.3 Å². The molecule has 3 aromatic rings. The Balaban J connectivity index is 1.50. The Morgan fingerprint density at radius 2 is 1.58 bits per heavy atom. The molecule has 226 valence electrons. The van der Waals surface area contributed by atoms with Crippen LogP contribution in [-0.4, -0.2) is 82.5 Å². The molecule has 0 aliphatic carbocycles. The van der Waals surface area contributed by atoms with Crippen LogP contribution in [-0.2, 0) is 15.8 Å². The largest absolute Gasteiger partial charge is 0.434 e. The monoisotopic (exact) mass is 602 g/mol. The van der Waals surface area contributed by atoms with E-state index in [2.05, 4.69) is 5.10 Å². The molecule has 43 heavy (non-hydrogen) atoms. The highest BCUT2D eigenvalue weighted by molar-refractivity contribution is 6.09. The SMILES string of the molecule is NC(=O)CN1CCN(C(=O)C=C2c3ccccc3N(C(=O)c3cnn(-c4ccccc4)c3C(F)(F)F)CCC2(F)F)CC1. The van der Waals surface area contributed by atoms with Crippen molar-refractivity contribution >= 4 is 29.0 Å². The predicted molar refractivity (Wildman–Crippen MR) is 146 cm³/mol. The van der Waals surface area contributed by atoms with Gasteiger partial charge in [-0.25, -0.2) is 13.5 Å². The number of allylic oxidation sites excluding steroid dienone is 1. The lowest BCUT2D eigenvalue weighted by Gasteiger charge is -2.33. The van der Waals surface area contributed by atoms with Gasteiger partial charge >= 0.3 is 6.18 Å². The molecule has 1 fully saturated rings. The van der Waals surface area contributed by atoms with E-state index in [-0.39, 0.29) is 36.6 Å².